The van der Waals surface area contributed by atoms with Crippen molar-refractivity contribution in [2.75, 3.05) is 24.5 Å². The molecule has 0 aromatic heterocycles. The zero-order chi connectivity index (χ0) is 12.4. The molecule has 0 bridgehead atoms. The summed E-state index contributed by atoms with van der Waals surface area (Å²) in [4.78, 5) is 1.96. The first kappa shape index (κ1) is 12.8. The van der Waals surface area contributed by atoms with Crippen LogP contribution in [0.1, 0.15) is 13.3 Å². The molecule has 0 aliphatic carbocycles. The van der Waals surface area contributed by atoms with Crippen molar-refractivity contribution < 1.29 is 8.78 Å². The van der Waals surface area contributed by atoms with Gasteiger partial charge < -0.3 is 10.2 Å². The smallest absolute Gasteiger partial charge is 0.149 e. The highest BCUT2D eigenvalue weighted by Gasteiger charge is 2.21. The summed E-state index contributed by atoms with van der Waals surface area (Å²) >= 11 is 3.10. The van der Waals surface area contributed by atoms with Gasteiger partial charge in [0.15, 0.2) is 0 Å². The third kappa shape index (κ3) is 2.77. The van der Waals surface area contributed by atoms with Gasteiger partial charge in [0.2, 0.25) is 0 Å². The van der Waals surface area contributed by atoms with E-state index in [9.17, 15) is 8.78 Å². The van der Waals surface area contributed by atoms with Crippen LogP contribution >= 0.6 is 15.9 Å². The van der Waals surface area contributed by atoms with Gasteiger partial charge in [0.1, 0.15) is 11.6 Å². The lowest BCUT2D eigenvalue weighted by Gasteiger charge is -2.35. The summed E-state index contributed by atoms with van der Waals surface area (Å²) in [6.45, 7) is 4.42. The molecule has 1 heterocycles. The summed E-state index contributed by atoms with van der Waals surface area (Å²) < 4.78 is 27.2. The van der Waals surface area contributed by atoms with E-state index in [1.165, 1.54) is 6.07 Å². The molecule has 1 N–H and O–H groups in total. The lowest BCUT2D eigenvalue weighted by Crippen LogP contribution is -2.50. The Bertz CT molecular complexity index is 412. The fourth-order valence-electron chi connectivity index (χ4n) is 2.07. The lowest BCUT2D eigenvalue weighted by molar-refractivity contribution is 0.442. The second-order valence-electron chi connectivity index (χ2n) is 4.22. The monoisotopic (exact) mass is 304 g/mol. The van der Waals surface area contributed by atoms with E-state index in [-0.39, 0.29) is 0 Å². The van der Waals surface area contributed by atoms with Crippen molar-refractivity contribution in [1.29, 1.82) is 0 Å². The van der Waals surface area contributed by atoms with Crippen LogP contribution in [0.15, 0.2) is 16.6 Å². The number of rotatable bonds is 2. The largest absolute Gasteiger partial charge is 0.366 e. The Morgan fingerprint density at radius 3 is 2.88 bits per heavy atom. The van der Waals surface area contributed by atoms with Crippen LogP contribution in [0.3, 0.4) is 0 Å². The zero-order valence-electron chi connectivity index (χ0n) is 9.64. The summed E-state index contributed by atoms with van der Waals surface area (Å²) in [5, 5.41) is 3.36. The number of piperazine rings is 1. The zero-order valence-corrected chi connectivity index (χ0v) is 11.2. The van der Waals surface area contributed by atoms with E-state index < -0.39 is 11.6 Å². The topological polar surface area (TPSA) is 15.3 Å². The number of hydrogen-bond acceptors (Lipinski definition) is 2. The van der Waals surface area contributed by atoms with Crippen molar-refractivity contribution in [1.82, 2.24) is 5.32 Å². The highest BCUT2D eigenvalue weighted by atomic mass is 79.9. The van der Waals surface area contributed by atoms with Gasteiger partial charge in [-0.1, -0.05) is 6.92 Å². The first-order chi connectivity index (χ1) is 8.11. The predicted octanol–water partition coefficient (Wildman–Crippen LogP) is 2.92. The van der Waals surface area contributed by atoms with E-state index >= 15 is 0 Å². The Kier molecular flexibility index (Phi) is 3.99. The molecule has 0 radical (unpaired) electrons. The Morgan fingerprint density at radius 2 is 2.18 bits per heavy atom. The van der Waals surface area contributed by atoms with Crippen molar-refractivity contribution in [3.05, 3.63) is 28.2 Å². The standard InChI is InChI=1S/C12H15BrF2N2/c1-2-8-7-17(4-3-16-8)12-5-9(13)10(14)6-11(12)15/h5-6,8,16H,2-4,7H2,1H3. The number of nitrogens with zero attached hydrogens (tertiary/aromatic N) is 1. The molecule has 17 heavy (non-hydrogen) atoms. The van der Waals surface area contributed by atoms with Gasteiger partial charge in [-0.15, -0.1) is 0 Å². The quantitative estimate of drug-likeness (QED) is 0.845. The van der Waals surface area contributed by atoms with Crippen LogP contribution in [0.2, 0.25) is 0 Å². The SMILES string of the molecule is CCC1CN(c2cc(Br)c(F)cc2F)CCN1. The lowest BCUT2D eigenvalue weighted by atomic mass is 10.1. The van der Waals surface area contributed by atoms with Crippen LogP contribution in [0, 0.1) is 11.6 Å². The van der Waals surface area contributed by atoms with E-state index in [0.717, 1.165) is 32.1 Å². The molecular weight excluding hydrogens is 290 g/mol. The van der Waals surface area contributed by atoms with E-state index in [4.69, 9.17) is 0 Å². The molecule has 1 fully saturated rings. The maximum absolute atomic E-state index is 13.7. The Labute approximate surface area is 108 Å². The van der Waals surface area contributed by atoms with Gasteiger partial charge in [0.05, 0.1) is 10.2 Å². The third-order valence-electron chi connectivity index (χ3n) is 3.08. The Balaban J connectivity index is 2.24. The van der Waals surface area contributed by atoms with Crippen molar-refractivity contribution in [3.63, 3.8) is 0 Å². The number of benzene rings is 1. The minimum Gasteiger partial charge on any atom is -0.366 e. The highest BCUT2D eigenvalue weighted by molar-refractivity contribution is 9.10. The van der Waals surface area contributed by atoms with E-state index in [2.05, 4.69) is 28.2 Å². The average Bonchev–Trinajstić information content (AvgIpc) is 2.34. The summed E-state index contributed by atoms with van der Waals surface area (Å²) in [6.07, 6.45) is 1.00. The molecule has 1 unspecified atom stereocenters. The molecule has 0 amide bonds. The molecule has 2 rings (SSSR count). The number of halogens is 3. The van der Waals surface area contributed by atoms with Crippen LogP contribution in [0.4, 0.5) is 14.5 Å². The minimum absolute atomic E-state index is 0.306. The van der Waals surface area contributed by atoms with E-state index in [1.54, 1.807) is 0 Å². The van der Waals surface area contributed by atoms with Gasteiger partial charge in [-0.25, -0.2) is 8.78 Å². The molecule has 1 atom stereocenters. The first-order valence-electron chi connectivity index (χ1n) is 5.74. The van der Waals surface area contributed by atoms with Crippen molar-refractivity contribution in [2.24, 2.45) is 0 Å². The van der Waals surface area contributed by atoms with Crippen LogP contribution in [0.5, 0.6) is 0 Å². The van der Waals surface area contributed by atoms with Crippen LogP contribution in [-0.4, -0.2) is 25.7 Å². The number of anilines is 1. The second-order valence-corrected chi connectivity index (χ2v) is 5.08. The number of nitrogens with one attached hydrogen (secondary N) is 1. The maximum atomic E-state index is 13.7. The van der Waals surface area contributed by atoms with E-state index in [0.29, 0.717) is 16.2 Å². The molecular formula is C12H15BrF2N2. The number of hydrogen-bond donors (Lipinski definition) is 1. The molecule has 1 aliphatic rings. The maximum Gasteiger partial charge on any atom is 0.149 e. The summed E-state index contributed by atoms with van der Waals surface area (Å²) in [5.41, 5.74) is 0.471. The van der Waals surface area contributed by atoms with Gasteiger partial charge >= 0.3 is 0 Å². The molecule has 0 saturated carbocycles. The average molecular weight is 305 g/mol. The molecule has 1 saturated heterocycles. The summed E-state index contributed by atoms with van der Waals surface area (Å²) in [7, 11) is 0. The molecule has 1 aromatic rings. The first-order valence-corrected chi connectivity index (χ1v) is 6.54. The van der Waals surface area contributed by atoms with Gasteiger partial charge in [0.25, 0.3) is 0 Å². The van der Waals surface area contributed by atoms with Crippen LogP contribution in [-0.2, 0) is 0 Å². The van der Waals surface area contributed by atoms with E-state index in [1.807, 2.05) is 4.90 Å². The molecule has 5 heteroatoms. The van der Waals surface area contributed by atoms with Gasteiger partial charge in [-0.2, -0.15) is 0 Å². The van der Waals surface area contributed by atoms with Crippen LogP contribution in [0.25, 0.3) is 0 Å². The Morgan fingerprint density at radius 1 is 1.41 bits per heavy atom. The third-order valence-corrected chi connectivity index (χ3v) is 3.69. The fraction of sp³-hybridized carbons (Fsp3) is 0.500. The van der Waals surface area contributed by atoms with Crippen molar-refractivity contribution in [3.8, 4) is 0 Å². The van der Waals surface area contributed by atoms with Gasteiger partial charge in [-0.05, 0) is 28.4 Å². The molecule has 0 spiro atoms. The fourth-order valence-corrected chi connectivity index (χ4v) is 2.40. The molecule has 1 aromatic carbocycles. The van der Waals surface area contributed by atoms with Gasteiger partial charge in [0, 0.05) is 31.7 Å². The minimum atomic E-state index is -0.562. The summed E-state index contributed by atoms with van der Waals surface area (Å²) in [6, 6.07) is 2.82. The van der Waals surface area contributed by atoms with Gasteiger partial charge in [-0.3, -0.25) is 0 Å². The Hall–Kier alpha value is -0.680. The molecule has 2 nitrogen and oxygen atoms in total. The van der Waals surface area contributed by atoms with Crippen molar-refractivity contribution >= 4 is 21.6 Å². The van der Waals surface area contributed by atoms with Crippen molar-refractivity contribution in [2.45, 2.75) is 19.4 Å². The normalized spacial score (nSPS) is 20.7. The molecule has 1 aliphatic heterocycles. The van der Waals surface area contributed by atoms with Crippen LogP contribution < -0.4 is 10.2 Å². The highest BCUT2D eigenvalue weighted by Crippen LogP contribution is 2.27. The predicted molar refractivity (Wildman–Crippen MR) is 68.4 cm³/mol. The second kappa shape index (κ2) is 5.31. The molecule has 94 valence electrons. The summed E-state index contributed by atoms with van der Waals surface area (Å²) in [5.74, 6) is -1.06.